The van der Waals surface area contributed by atoms with Gasteiger partial charge in [-0.15, -0.1) is 0 Å². The molecule has 0 unspecified atom stereocenters. The molecule has 0 spiro atoms. The van der Waals surface area contributed by atoms with Gasteiger partial charge in [0.25, 0.3) is 0 Å². The first kappa shape index (κ1) is 28.8. The zero-order valence-electron chi connectivity index (χ0n) is 21.5. The Morgan fingerprint density at radius 1 is 1.03 bits per heavy atom. The minimum absolute atomic E-state index is 0.0675. The van der Waals surface area contributed by atoms with Crippen LogP contribution in [0.15, 0.2) is 48.7 Å². The molecule has 1 fully saturated rings. The lowest BCUT2D eigenvalue weighted by Gasteiger charge is -2.16. The van der Waals surface area contributed by atoms with E-state index in [1.165, 1.54) is 44.9 Å². The van der Waals surface area contributed by atoms with Crippen molar-refractivity contribution in [2.24, 2.45) is 5.92 Å². The molecule has 0 amide bonds. The molecular formula is C29H44N2O4. The number of aromatic nitrogens is 1. The number of nitrogens with zero attached hydrogens (tertiary/aromatic N) is 1. The molecular weight excluding hydrogens is 440 g/mol. The van der Waals surface area contributed by atoms with Crippen LogP contribution in [0.1, 0.15) is 94.9 Å². The van der Waals surface area contributed by atoms with Crippen molar-refractivity contribution in [2.45, 2.75) is 83.6 Å². The van der Waals surface area contributed by atoms with Gasteiger partial charge in [0, 0.05) is 0 Å². The lowest BCUT2D eigenvalue weighted by atomic mass is 10.1. The minimum Gasteiger partial charge on any atom is -0.492 e. The molecule has 3 atom stereocenters. The molecule has 3 N–H and O–H groups in total. The zero-order chi connectivity index (χ0) is 25.3. The number of carbonyl (C=O) groups is 1. The van der Waals surface area contributed by atoms with Gasteiger partial charge in [-0.1, -0.05) is 82.2 Å². The number of benzene rings is 1. The van der Waals surface area contributed by atoms with Crippen LogP contribution in [0.5, 0.6) is 5.75 Å². The summed E-state index contributed by atoms with van der Waals surface area (Å²) in [6.45, 7) is 5.84. The number of hydrogen-bond acceptors (Lipinski definition) is 5. The maximum Gasteiger partial charge on any atom is 0.307 e. The van der Waals surface area contributed by atoms with Gasteiger partial charge >= 0.3 is 5.97 Å². The number of aliphatic hydroxyl groups is 1. The van der Waals surface area contributed by atoms with Crippen LogP contribution in [-0.2, 0) is 4.79 Å². The molecule has 6 heteroatoms. The fraction of sp³-hybridized carbons (Fsp3) is 0.586. The molecule has 35 heavy (non-hydrogen) atoms. The summed E-state index contributed by atoms with van der Waals surface area (Å²) in [5, 5.41) is 21.6. The molecule has 0 saturated heterocycles. The van der Waals surface area contributed by atoms with E-state index in [9.17, 15) is 9.90 Å². The Bertz CT molecular complexity index is 813. The Labute approximate surface area is 211 Å². The number of carboxylic acids is 1. The molecule has 6 nitrogen and oxygen atoms in total. The van der Waals surface area contributed by atoms with Crippen molar-refractivity contribution in [1.29, 1.82) is 0 Å². The molecule has 0 aliphatic heterocycles. The molecule has 3 rings (SSSR count). The molecule has 1 heterocycles. The van der Waals surface area contributed by atoms with Crippen LogP contribution in [-0.4, -0.2) is 40.9 Å². The van der Waals surface area contributed by atoms with Crippen LogP contribution in [0.2, 0.25) is 0 Å². The summed E-state index contributed by atoms with van der Waals surface area (Å²) in [5.41, 5.74) is 2.03. The number of nitrogens with one attached hydrogen (secondary N) is 1. The summed E-state index contributed by atoms with van der Waals surface area (Å²) in [5.74, 6) is 0.246. The predicted octanol–water partition coefficient (Wildman–Crippen LogP) is 6.12. The third kappa shape index (κ3) is 11.2. The highest BCUT2D eigenvalue weighted by atomic mass is 16.5. The van der Waals surface area contributed by atoms with E-state index in [2.05, 4.69) is 17.2 Å². The van der Waals surface area contributed by atoms with Gasteiger partial charge in [-0.3, -0.25) is 9.78 Å². The largest absolute Gasteiger partial charge is 0.492 e. The Morgan fingerprint density at radius 3 is 2.26 bits per heavy atom. The van der Waals surface area contributed by atoms with Gasteiger partial charge in [-0.2, -0.15) is 0 Å². The number of unbranched alkanes of at least 4 members (excludes halogenated alkanes) is 7. The second-order valence-corrected chi connectivity index (χ2v) is 9.21. The van der Waals surface area contributed by atoms with E-state index in [0.717, 1.165) is 36.4 Å². The Morgan fingerprint density at radius 2 is 1.71 bits per heavy atom. The number of hydrogen-bond donors (Lipinski definition) is 3. The van der Waals surface area contributed by atoms with Gasteiger partial charge in [0.2, 0.25) is 0 Å². The maximum absolute atomic E-state index is 10.5. The summed E-state index contributed by atoms with van der Waals surface area (Å²) >= 11 is 0. The van der Waals surface area contributed by atoms with Crippen LogP contribution >= 0.6 is 0 Å². The van der Waals surface area contributed by atoms with Crippen molar-refractivity contribution < 1.29 is 19.7 Å². The van der Waals surface area contributed by atoms with Gasteiger partial charge in [-0.05, 0) is 49.9 Å². The number of pyridine rings is 1. The van der Waals surface area contributed by atoms with E-state index in [-0.39, 0.29) is 24.5 Å². The van der Waals surface area contributed by atoms with Crippen LogP contribution in [0.3, 0.4) is 0 Å². The fourth-order valence-corrected chi connectivity index (χ4v) is 4.18. The van der Waals surface area contributed by atoms with Crippen LogP contribution in [0.4, 0.5) is 0 Å². The maximum atomic E-state index is 10.5. The molecule has 1 aliphatic carbocycles. The fourth-order valence-electron chi connectivity index (χ4n) is 4.18. The molecule has 1 aromatic carbocycles. The van der Waals surface area contributed by atoms with Crippen molar-refractivity contribution in [1.82, 2.24) is 10.3 Å². The second kappa shape index (κ2) is 17.1. The monoisotopic (exact) mass is 484 g/mol. The third-order valence-corrected chi connectivity index (χ3v) is 6.37. The molecule has 1 saturated carbocycles. The van der Waals surface area contributed by atoms with Crippen molar-refractivity contribution >= 4 is 5.97 Å². The van der Waals surface area contributed by atoms with Crippen molar-refractivity contribution in [3.63, 3.8) is 0 Å². The minimum atomic E-state index is -0.663. The number of carboxylic acid groups (broad SMARTS) is 1. The molecule has 2 aromatic rings. The van der Waals surface area contributed by atoms with Gasteiger partial charge in [0.15, 0.2) is 0 Å². The first-order valence-corrected chi connectivity index (χ1v) is 13.3. The first-order chi connectivity index (χ1) is 17.1. The van der Waals surface area contributed by atoms with Crippen molar-refractivity contribution in [2.75, 3.05) is 19.8 Å². The number of aliphatic hydroxyl groups excluding tert-OH is 1. The Hall–Kier alpha value is -2.44. The van der Waals surface area contributed by atoms with Crippen molar-refractivity contribution in [3.05, 3.63) is 59.9 Å². The Balaban J connectivity index is 0.000000298. The van der Waals surface area contributed by atoms with E-state index in [4.69, 9.17) is 9.84 Å². The molecule has 1 aromatic heterocycles. The Kier molecular flexibility index (Phi) is 14.0. The highest BCUT2D eigenvalue weighted by Gasteiger charge is 2.43. The number of rotatable bonds is 16. The number of ether oxygens (including phenoxy) is 1. The van der Waals surface area contributed by atoms with Crippen LogP contribution < -0.4 is 10.1 Å². The van der Waals surface area contributed by atoms with Crippen molar-refractivity contribution in [3.8, 4) is 5.75 Å². The highest BCUT2D eigenvalue weighted by molar-refractivity contribution is 5.75. The average molecular weight is 485 g/mol. The summed E-state index contributed by atoms with van der Waals surface area (Å²) < 4.78 is 5.39. The summed E-state index contributed by atoms with van der Waals surface area (Å²) in [7, 11) is 0. The normalized spacial score (nSPS) is 17.2. The molecule has 0 radical (unpaired) electrons. The summed E-state index contributed by atoms with van der Waals surface area (Å²) in [4.78, 5) is 14.9. The average Bonchev–Trinajstić information content (AvgIpc) is 3.69. The first-order valence-electron chi connectivity index (χ1n) is 13.3. The standard InChI is InChI=1S/C19H34N2O2.C10H10O2/c1-3-5-6-7-8-9-10-11-14-20-19(16-22)18-13-12-17(15-21-18)23-4-2;11-10(12)9-6-8(9)7-4-2-1-3-5-7/h12-13,15,19-20,22H,3-11,14,16H2,1-2H3;1-5,8-9H,6H2,(H,11,12)/t19-;8-,9+/m01/s1. The summed E-state index contributed by atoms with van der Waals surface area (Å²) in [6, 6.07) is 13.6. The summed E-state index contributed by atoms with van der Waals surface area (Å²) in [6.07, 6.45) is 13.0. The molecule has 0 bridgehead atoms. The van der Waals surface area contributed by atoms with Crippen LogP contribution in [0, 0.1) is 5.92 Å². The lowest BCUT2D eigenvalue weighted by molar-refractivity contribution is -0.138. The second-order valence-electron chi connectivity index (χ2n) is 9.21. The predicted molar refractivity (Wildman–Crippen MR) is 141 cm³/mol. The van der Waals surface area contributed by atoms with Gasteiger partial charge < -0.3 is 20.3 Å². The van der Waals surface area contributed by atoms with Gasteiger partial charge in [-0.25, -0.2) is 0 Å². The quantitative estimate of drug-likeness (QED) is 0.249. The van der Waals surface area contributed by atoms with E-state index in [0.29, 0.717) is 6.61 Å². The van der Waals surface area contributed by atoms with Gasteiger partial charge in [0.1, 0.15) is 5.75 Å². The third-order valence-electron chi connectivity index (χ3n) is 6.37. The molecule has 194 valence electrons. The smallest absolute Gasteiger partial charge is 0.307 e. The van der Waals surface area contributed by atoms with Crippen LogP contribution in [0.25, 0.3) is 0 Å². The SMILES string of the molecule is CCCCCCCCCCN[C@@H](CO)c1ccc(OCC)cn1.O=C(O)[C@H]1C[C@@H]1c1ccccc1. The van der Waals surface area contributed by atoms with E-state index < -0.39 is 5.97 Å². The van der Waals surface area contributed by atoms with E-state index >= 15 is 0 Å². The highest BCUT2D eigenvalue weighted by Crippen LogP contribution is 2.47. The molecule has 1 aliphatic rings. The van der Waals surface area contributed by atoms with E-state index in [1.807, 2.05) is 49.4 Å². The lowest BCUT2D eigenvalue weighted by Crippen LogP contribution is -2.26. The van der Waals surface area contributed by atoms with Gasteiger partial charge in [0.05, 0.1) is 37.1 Å². The number of aliphatic carboxylic acids is 1. The van der Waals surface area contributed by atoms with E-state index in [1.54, 1.807) is 6.20 Å². The zero-order valence-corrected chi connectivity index (χ0v) is 21.5. The topological polar surface area (TPSA) is 91.7 Å².